The topological polar surface area (TPSA) is 15.8 Å². The predicted molar refractivity (Wildman–Crippen MR) is 62.4 cm³/mol. The van der Waals surface area contributed by atoms with Crippen molar-refractivity contribution in [2.45, 2.75) is 13.3 Å². The number of rotatable bonds is 2. The van der Waals surface area contributed by atoms with Crippen molar-refractivity contribution < 1.29 is 0 Å². The third-order valence-corrected chi connectivity index (χ3v) is 2.96. The SMILES string of the molecule is C=C/C=c1/cc[nH]/c1=C(\I)CC. The van der Waals surface area contributed by atoms with Crippen molar-refractivity contribution in [2.24, 2.45) is 0 Å². The summed E-state index contributed by atoms with van der Waals surface area (Å²) < 4.78 is 1.35. The molecule has 0 atom stereocenters. The lowest BCUT2D eigenvalue weighted by molar-refractivity contribution is 1.23. The molecule has 0 aliphatic heterocycles. The van der Waals surface area contributed by atoms with E-state index in [-0.39, 0.29) is 0 Å². The Kier molecular flexibility index (Phi) is 3.59. The van der Waals surface area contributed by atoms with Gasteiger partial charge in [0, 0.05) is 15.0 Å². The van der Waals surface area contributed by atoms with Gasteiger partial charge in [-0.2, -0.15) is 0 Å². The largest absolute Gasteiger partial charge is 0.361 e. The van der Waals surface area contributed by atoms with Crippen molar-refractivity contribution in [3.05, 3.63) is 35.5 Å². The van der Waals surface area contributed by atoms with E-state index in [1.54, 1.807) is 0 Å². The van der Waals surface area contributed by atoms with Gasteiger partial charge in [-0.3, -0.25) is 0 Å². The van der Waals surface area contributed by atoms with Gasteiger partial charge in [0.2, 0.25) is 0 Å². The highest BCUT2D eigenvalue weighted by Crippen LogP contribution is 2.07. The zero-order valence-corrected chi connectivity index (χ0v) is 9.26. The summed E-state index contributed by atoms with van der Waals surface area (Å²) in [5, 5.41) is 2.44. The lowest BCUT2D eigenvalue weighted by Gasteiger charge is -1.88. The van der Waals surface area contributed by atoms with Gasteiger partial charge >= 0.3 is 0 Å². The molecule has 0 amide bonds. The summed E-state index contributed by atoms with van der Waals surface area (Å²) in [6.45, 7) is 5.83. The molecule has 0 bridgehead atoms. The highest BCUT2D eigenvalue weighted by molar-refractivity contribution is 14.1. The van der Waals surface area contributed by atoms with E-state index in [0.29, 0.717) is 0 Å². The maximum Gasteiger partial charge on any atom is 0.0547 e. The summed E-state index contributed by atoms with van der Waals surface area (Å²) >= 11 is 2.36. The van der Waals surface area contributed by atoms with Crippen molar-refractivity contribution in [2.75, 3.05) is 0 Å². The molecular formula is C10H12IN. The molecule has 2 heteroatoms. The minimum Gasteiger partial charge on any atom is -0.361 e. The van der Waals surface area contributed by atoms with Crippen LogP contribution in [-0.4, -0.2) is 4.98 Å². The fourth-order valence-electron chi connectivity index (χ4n) is 1.06. The quantitative estimate of drug-likeness (QED) is 0.793. The predicted octanol–water partition coefficient (Wildman–Crippen LogP) is 1.93. The zero-order chi connectivity index (χ0) is 8.97. The van der Waals surface area contributed by atoms with Crippen LogP contribution in [0.3, 0.4) is 0 Å². The van der Waals surface area contributed by atoms with Gasteiger partial charge in [0.25, 0.3) is 0 Å². The Morgan fingerprint density at radius 1 is 1.75 bits per heavy atom. The molecule has 0 radical (unpaired) electrons. The smallest absolute Gasteiger partial charge is 0.0547 e. The van der Waals surface area contributed by atoms with Crippen LogP contribution in [0.25, 0.3) is 9.66 Å². The summed E-state index contributed by atoms with van der Waals surface area (Å²) in [7, 11) is 0. The van der Waals surface area contributed by atoms with Crippen molar-refractivity contribution in [3.8, 4) is 0 Å². The molecule has 12 heavy (non-hydrogen) atoms. The average molecular weight is 273 g/mol. The van der Waals surface area contributed by atoms with Crippen LogP contribution >= 0.6 is 22.6 Å². The molecule has 0 fully saturated rings. The van der Waals surface area contributed by atoms with E-state index in [1.165, 1.54) is 14.1 Å². The summed E-state index contributed by atoms with van der Waals surface area (Å²) in [6.07, 6.45) is 6.85. The maximum atomic E-state index is 3.68. The highest BCUT2D eigenvalue weighted by atomic mass is 127. The first-order valence-electron chi connectivity index (χ1n) is 3.94. The number of hydrogen-bond donors (Lipinski definition) is 1. The lowest BCUT2D eigenvalue weighted by atomic mass is 10.3. The minimum atomic E-state index is 1.07. The van der Waals surface area contributed by atoms with Crippen LogP contribution in [0.1, 0.15) is 13.3 Å². The molecule has 0 spiro atoms. The number of allylic oxidation sites excluding steroid dienone is 1. The Labute approximate surface area is 86.0 Å². The first-order valence-corrected chi connectivity index (χ1v) is 5.02. The molecule has 0 aromatic carbocycles. The molecule has 1 heterocycles. The number of hydrogen-bond acceptors (Lipinski definition) is 0. The van der Waals surface area contributed by atoms with Crippen LogP contribution in [0.15, 0.2) is 24.9 Å². The second-order valence-electron chi connectivity index (χ2n) is 2.47. The monoisotopic (exact) mass is 273 g/mol. The van der Waals surface area contributed by atoms with E-state index in [9.17, 15) is 0 Å². The number of aromatic nitrogens is 1. The van der Waals surface area contributed by atoms with Gasteiger partial charge in [-0.05, 0) is 35.1 Å². The maximum absolute atomic E-state index is 3.68. The normalized spacial score (nSPS) is 14.7. The Morgan fingerprint density at radius 2 is 2.50 bits per heavy atom. The van der Waals surface area contributed by atoms with Gasteiger partial charge in [0.1, 0.15) is 0 Å². The lowest BCUT2D eigenvalue weighted by Crippen LogP contribution is -2.23. The third-order valence-electron chi connectivity index (χ3n) is 1.66. The van der Waals surface area contributed by atoms with Crippen molar-refractivity contribution in [1.82, 2.24) is 4.98 Å². The minimum absolute atomic E-state index is 1.07. The van der Waals surface area contributed by atoms with Crippen LogP contribution in [0.2, 0.25) is 0 Å². The fourth-order valence-corrected chi connectivity index (χ4v) is 1.53. The summed E-state index contributed by atoms with van der Waals surface area (Å²) in [4.78, 5) is 3.22. The number of aromatic amines is 1. The van der Waals surface area contributed by atoms with E-state index in [4.69, 9.17) is 0 Å². The van der Waals surface area contributed by atoms with Gasteiger partial charge in [-0.25, -0.2) is 0 Å². The summed E-state index contributed by atoms with van der Waals surface area (Å²) in [6, 6.07) is 2.06. The first-order chi connectivity index (χ1) is 5.79. The summed E-state index contributed by atoms with van der Waals surface area (Å²) in [5.74, 6) is 0. The van der Waals surface area contributed by atoms with Crippen LogP contribution in [0, 0.1) is 0 Å². The van der Waals surface area contributed by atoms with E-state index >= 15 is 0 Å². The number of H-pyrrole nitrogens is 1. The van der Waals surface area contributed by atoms with Gasteiger partial charge in [0.05, 0.1) is 5.35 Å². The first kappa shape index (κ1) is 9.58. The Hall–Kier alpha value is -0.510. The second kappa shape index (κ2) is 4.50. The molecule has 1 rings (SSSR count). The number of halogens is 1. The molecule has 1 N–H and O–H groups in total. The van der Waals surface area contributed by atoms with Crippen molar-refractivity contribution in [3.63, 3.8) is 0 Å². The second-order valence-corrected chi connectivity index (χ2v) is 3.77. The zero-order valence-electron chi connectivity index (χ0n) is 7.10. The molecule has 0 saturated heterocycles. The molecule has 64 valence electrons. The standard InChI is InChI=1S/C10H12IN/c1-3-5-8-6-7-12-10(8)9(11)4-2/h3,5-7,12H,1,4H2,2H3/b8-5-,10-9-. The molecule has 0 unspecified atom stereocenters. The molecule has 0 aliphatic carbocycles. The molecule has 1 aromatic rings. The average Bonchev–Trinajstić information content (AvgIpc) is 2.52. The molecule has 0 aliphatic rings. The molecule has 1 aromatic heterocycles. The molecule has 1 nitrogen and oxygen atoms in total. The Bertz CT molecular complexity index is 373. The van der Waals surface area contributed by atoms with E-state index < -0.39 is 0 Å². The van der Waals surface area contributed by atoms with E-state index in [0.717, 1.165) is 6.42 Å². The van der Waals surface area contributed by atoms with Crippen molar-refractivity contribution >= 4 is 32.2 Å². The van der Waals surface area contributed by atoms with Crippen LogP contribution < -0.4 is 10.6 Å². The van der Waals surface area contributed by atoms with E-state index in [2.05, 4.69) is 47.1 Å². The third kappa shape index (κ3) is 2.00. The van der Waals surface area contributed by atoms with Gasteiger partial charge in [-0.1, -0.05) is 25.7 Å². The highest BCUT2D eigenvalue weighted by Gasteiger charge is 1.91. The van der Waals surface area contributed by atoms with Crippen LogP contribution in [0.5, 0.6) is 0 Å². The molecule has 0 saturated carbocycles. The summed E-state index contributed by atoms with van der Waals surface area (Å²) in [5.41, 5.74) is 0. The Morgan fingerprint density at radius 3 is 3.08 bits per heavy atom. The van der Waals surface area contributed by atoms with Gasteiger partial charge in [-0.15, -0.1) is 0 Å². The van der Waals surface area contributed by atoms with E-state index in [1.807, 2.05) is 18.3 Å². The fraction of sp³-hybridized carbons (Fsp3) is 0.200. The Balaban J connectivity index is 3.44. The van der Waals surface area contributed by atoms with Crippen LogP contribution in [-0.2, 0) is 0 Å². The van der Waals surface area contributed by atoms with Gasteiger partial charge in [0.15, 0.2) is 0 Å². The van der Waals surface area contributed by atoms with Gasteiger partial charge < -0.3 is 4.98 Å². The van der Waals surface area contributed by atoms with Crippen molar-refractivity contribution in [1.29, 1.82) is 0 Å². The number of nitrogens with one attached hydrogen (secondary N) is 1. The molecular weight excluding hydrogens is 261 g/mol. The van der Waals surface area contributed by atoms with Crippen LogP contribution in [0.4, 0.5) is 0 Å².